The van der Waals surface area contributed by atoms with Gasteiger partial charge in [-0.05, 0) is 30.5 Å². The average molecular weight is 273 g/mol. The molecule has 0 amide bonds. The molecule has 1 N–H and O–H groups in total. The second-order valence-electron chi connectivity index (χ2n) is 4.28. The first kappa shape index (κ1) is 12.8. The van der Waals surface area contributed by atoms with E-state index in [1.54, 1.807) is 6.07 Å². The largest absolute Gasteiger partial charge is 0.456 e. The minimum Gasteiger partial charge on any atom is -0.456 e. The fourth-order valence-electron chi connectivity index (χ4n) is 1.76. The fourth-order valence-corrected chi connectivity index (χ4v) is 2.33. The van der Waals surface area contributed by atoms with Crippen molar-refractivity contribution in [2.24, 2.45) is 0 Å². The van der Waals surface area contributed by atoms with E-state index in [-0.39, 0.29) is 5.69 Å². The van der Waals surface area contributed by atoms with Crippen molar-refractivity contribution in [3.63, 3.8) is 0 Å². The first-order valence-electron chi connectivity index (χ1n) is 5.26. The molecule has 0 aliphatic heterocycles. The lowest BCUT2D eigenvalue weighted by Crippen LogP contribution is -2.14. The van der Waals surface area contributed by atoms with E-state index in [9.17, 15) is 17.6 Å². The molecular weight excluding hydrogens is 261 g/mol. The highest BCUT2D eigenvalue weighted by Gasteiger charge is 2.47. The van der Waals surface area contributed by atoms with Crippen molar-refractivity contribution in [1.82, 2.24) is 0 Å². The summed E-state index contributed by atoms with van der Waals surface area (Å²) in [5.74, 6) is -0.696. The first-order valence-corrected chi connectivity index (χ1v) is 7.15. The van der Waals surface area contributed by atoms with Crippen LogP contribution in [0.15, 0.2) is 18.2 Å². The predicted molar refractivity (Wildman–Crippen MR) is 62.9 cm³/mol. The summed E-state index contributed by atoms with van der Waals surface area (Å²) >= 11 is 0. The van der Waals surface area contributed by atoms with E-state index >= 15 is 0 Å². The van der Waals surface area contributed by atoms with E-state index in [0.29, 0.717) is 24.9 Å². The van der Waals surface area contributed by atoms with Crippen LogP contribution >= 0.6 is 0 Å². The summed E-state index contributed by atoms with van der Waals surface area (Å²) in [6.45, 7) is 0.341. The molecule has 5 nitrogen and oxygen atoms in total. The summed E-state index contributed by atoms with van der Waals surface area (Å²) in [5.41, 5.74) is -0.319. The SMILES string of the molecule is CS(=O)(=O)Nc1ccc(C2(OC=O)CC2)cc1F. The summed E-state index contributed by atoms with van der Waals surface area (Å²) < 4.78 is 42.7. The number of hydrogen-bond acceptors (Lipinski definition) is 4. The molecule has 0 unspecified atom stereocenters. The quantitative estimate of drug-likeness (QED) is 0.822. The zero-order chi connectivity index (χ0) is 13.4. The summed E-state index contributed by atoms with van der Waals surface area (Å²) in [4.78, 5) is 10.4. The highest BCUT2D eigenvalue weighted by Crippen LogP contribution is 2.49. The van der Waals surface area contributed by atoms with Gasteiger partial charge < -0.3 is 4.74 Å². The molecule has 0 atom stereocenters. The number of sulfonamides is 1. The molecular formula is C11H12FNO4S. The Bertz CT molecular complexity index is 581. The Morgan fingerprint density at radius 3 is 2.56 bits per heavy atom. The van der Waals surface area contributed by atoms with Crippen LogP contribution in [0.25, 0.3) is 0 Å². The Morgan fingerprint density at radius 1 is 1.44 bits per heavy atom. The molecule has 1 aliphatic carbocycles. The molecule has 0 radical (unpaired) electrons. The highest BCUT2D eigenvalue weighted by atomic mass is 32.2. The monoisotopic (exact) mass is 273 g/mol. The van der Waals surface area contributed by atoms with E-state index in [1.165, 1.54) is 12.1 Å². The maximum absolute atomic E-state index is 13.7. The third kappa shape index (κ3) is 2.61. The Balaban J connectivity index is 2.28. The van der Waals surface area contributed by atoms with Gasteiger partial charge in [0.1, 0.15) is 11.4 Å². The van der Waals surface area contributed by atoms with Gasteiger partial charge in [-0.2, -0.15) is 0 Å². The van der Waals surface area contributed by atoms with Crippen molar-refractivity contribution in [2.45, 2.75) is 18.4 Å². The second-order valence-corrected chi connectivity index (χ2v) is 6.03. The maximum atomic E-state index is 13.7. The second kappa shape index (κ2) is 4.24. The maximum Gasteiger partial charge on any atom is 0.293 e. The number of ether oxygens (including phenoxy) is 1. The summed E-state index contributed by atoms with van der Waals surface area (Å²) in [7, 11) is -3.52. The van der Waals surface area contributed by atoms with Gasteiger partial charge in [-0.25, -0.2) is 12.8 Å². The first-order chi connectivity index (χ1) is 8.36. The third-order valence-electron chi connectivity index (χ3n) is 2.77. The topological polar surface area (TPSA) is 72.5 Å². The van der Waals surface area contributed by atoms with Gasteiger partial charge in [0.2, 0.25) is 10.0 Å². The number of hydrogen-bond donors (Lipinski definition) is 1. The van der Waals surface area contributed by atoms with Gasteiger partial charge in [-0.3, -0.25) is 9.52 Å². The molecule has 0 aromatic heterocycles. The van der Waals surface area contributed by atoms with Crippen LogP contribution in [0.4, 0.5) is 10.1 Å². The molecule has 1 aromatic rings. The Morgan fingerprint density at radius 2 is 2.11 bits per heavy atom. The zero-order valence-corrected chi connectivity index (χ0v) is 10.5. The molecule has 1 saturated carbocycles. The van der Waals surface area contributed by atoms with Crippen molar-refractivity contribution in [2.75, 3.05) is 11.0 Å². The number of halogens is 1. The zero-order valence-electron chi connectivity index (χ0n) is 9.64. The van der Waals surface area contributed by atoms with E-state index < -0.39 is 21.4 Å². The van der Waals surface area contributed by atoms with Crippen molar-refractivity contribution >= 4 is 22.2 Å². The van der Waals surface area contributed by atoms with E-state index in [0.717, 1.165) is 6.26 Å². The van der Waals surface area contributed by atoms with Crippen LogP contribution in [0.2, 0.25) is 0 Å². The molecule has 1 aromatic carbocycles. The summed E-state index contributed by atoms with van der Waals surface area (Å²) in [6, 6.07) is 4.05. The molecule has 18 heavy (non-hydrogen) atoms. The minimum atomic E-state index is -3.52. The molecule has 2 rings (SSSR count). The van der Waals surface area contributed by atoms with Gasteiger partial charge in [0, 0.05) is 0 Å². The van der Waals surface area contributed by atoms with Crippen LogP contribution in [0.1, 0.15) is 18.4 Å². The lowest BCUT2D eigenvalue weighted by Gasteiger charge is -2.14. The summed E-state index contributed by atoms with van der Waals surface area (Å²) in [5, 5.41) is 0. The predicted octanol–water partition coefficient (Wildman–Crippen LogP) is 1.36. The molecule has 0 saturated heterocycles. The normalized spacial score (nSPS) is 17.0. The van der Waals surface area contributed by atoms with E-state index in [2.05, 4.69) is 4.72 Å². The Labute approximate surface area is 104 Å². The standard InChI is InChI=1S/C11H12FNO4S/c1-18(15,16)13-10-3-2-8(6-9(10)12)11(4-5-11)17-7-14/h2-3,6-7,13H,4-5H2,1H3. The number of nitrogens with one attached hydrogen (secondary N) is 1. The van der Waals surface area contributed by atoms with Crippen LogP contribution in [-0.2, 0) is 25.2 Å². The van der Waals surface area contributed by atoms with Gasteiger partial charge in [0.25, 0.3) is 6.47 Å². The van der Waals surface area contributed by atoms with E-state index in [4.69, 9.17) is 4.74 Å². The molecule has 1 fully saturated rings. The van der Waals surface area contributed by atoms with Crippen LogP contribution in [0.3, 0.4) is 0 Å². The van der Waals surface area contributed by atoms with Gasteiger partial charge in [-0.1, -0.05) is 6.07 Å². The lowest BCUT2D eigenvalue weighted by molar-refractivity contribution is -0.136. The molecule has 0 heterocycles. The van der Waals surface area contributed by atoms with Crippen molar-refractivity contribution < 1.29 is 22.3 Å². The van der Waals surface area contributed by atoms with Crippen LogP contribution in [0, 0.1) is 5.82 Å². The number of anilines is 1. The number of carbonyl (C=O) groups excluding carboxylic acids is 1. The third-order valence-corrected chi connectivity index (χ3v) is 3.36. The van der Waals surface area contributed by atoms with Crippen molar-refractivity contribution in [3.05, 3.63) is 29.6 Å². The van der Waals surface area contributed by atoms with Crippen LogP contribution < -0.4 is 4.72 Å². The van der Waals surface area contributed by atoms with Crippen LogP contribution in [0.5, 0.6) is 0 Å². The van der Waals surface area contributed by atoms with E-state index in [1.807, 2.05) is 0 Å². The van der Waals surface area contributed by atoms with Gasteiger partial charge in [-0.15, -0.1) is 0 Å². The highest BCUT2D eigenvalue weighted by molar-refractivity contribution is 7.92. The van der Waals surface area contributed by atoms with Gasteiger partial charge >= 0.3 is 0 Å². The Kier molecular flexibility index (Phi) is 3.02. The Hall–Kier alpha value is -1.63. The number of benzene rings is 1. The molecule has 0 bridgehead atoms. The van der Waals surface area contributed by atoms with Gasteiger partial charge in [0.15, 0.2) is 0 Å². The van der Waals surface area contributed by atoms with Gasteiger partial charge in [0.05, 0.1) is 11.9 Å². The molecule has 1 aliphatic rings. The molecule has 98 valence electrons. The molecule has 0 spiro atoms. The minimum absolute atomic E-state index is 0.122. The fraction of sp³-hybridized carbons (Fsp3) is 0.364. The lowest BCUT2D eigenvalue weighted by atomic mass is 10.1. The van der Waals surface area contributed by atoms with Crippen molar-refractivity contribution in [1.29, 1.82) is 0 Å². The number of carbonyl (C=O) groups is 1. The van der Waals surface area contributed by atoms with Crippen LogP contribution in [-0.4, -0.2) is 21.1 Å². The van der Waals surface area contributed by atoms with Crippen molar-refractivity contribution in [3.8, 4) is 0 Å². The average Bonchev–Trinajstić information content (AvgIpc) is 3.01. The molecule has 7 heteroatoms. The number of rotatable bonds is 5. The summed E-state index contributed by atoms with van der Waals surface area (Å²) in [6.07, 6.45) is 2.23. The smallest absolute Gasteiger partial charge is 0.293 e.